The molecule has 29 heavy (non-hydrogen) atoms. The fourth-order valence-electron chi connectivity index (χ4n) is 2.65. The van der Waals surface area contributed by atoms with Gasteiger partial charge in [-0.25, -0.2) is 13.4 Å². The van der Waals surface area contributed by atoms with E-state index in [-0.39, 0.29) is 23.9 Å². The summed E-state index contributed by atoms with van der Waals surface area (Å²) in [6, 6.07) is 13.9. The van der Waals surface area contributed by atoms with E-state index >= 15 is 0 Å². The molecular formula is C21H22N4O3S. The molecule has 1 aromatic carbocycles. The summed E-state index contributed by atoms with van der Waals surface area (Å²) in [5.41, 5.74) is 3.87. The second kappa shape index (κ2) is 8.83. The minimum Gasteiger partial charge on any atom is -0.322 e. The number of nitrogens with one attached hydrogen (secondary N) is 2. The van der Waals surface area contributed by atoms with Crippen molar-refractivity contribution in [2.24, 2.45) is 0 Å². The predicted molar refractivity (Wildman–Crippen MR) is 113 cm³/mol. The highest BCUT2D eigenvalue weighted by Crippen LogP contribution is 2.16. The number of pyridine rings is 2. The van der Waals surface area contributed by atoms with E-state index in [1.165, 1.54) is 18.3 Å². The monoisotopic (exact) mass is 410 g/mol. The Balaban J connectivity index is 1.66. The number of hydrogen-bond donors (Lipinski definition) is 2. The van der Waals surface area contributed by atoms with Gasteiger partial charge in [-0.05, 0) is 61.4 Å². The van der Waals surface area contributed by atoms with Crippen molar-refractivity contribution in [2.45, 2.75) is 20.3 Å². The fourth-order valence-corrected chi connectivity index (χ4v) is 3.66. The van der Waals surface area contributed by atoms with E-state index in [9.17, 15) is 13.2 Å². The molecule has 3 rings (SSSR count). The summed E-state index contributed by atoms with van der Waals surface area (Å²) in [6.07, 6.45) is 3.30. The average molecular weight is 410 g/mol. The van der Waals surface area contributed by atoms with E-state index in [1.807, 2.05) is 38.1 Å². The van der Waals surface area contributed by atoms with Crippen molar-refractivity contribution in [3.8, 4) is 0 Å². The Kier molecular flexibility index (Phi) is 6.23. The summed E-state index contributed by atoms with van der Waals surface area (Å²) in [5, 5.41) is 2.81. The molecule has 0 fully saturated rings. The fraction of sp³-hybridized carbons (Fsp3) is 0.190. The number of aryl methyl sites for hydroxylation is 3. The van der Waals surface area contributed by atoms with Gasteiger partial charge >= 0.3 is 0 Å². The molecule has 7 nitrogen and oxygen atoms in total. The maximum absolute atomic E-state index is 12.5. The summed E-state index contributed by atoms with van der Waals surface area (Å²) in [7, 11) is -3.63. The number of sulfonamides is 1. The Labute approximate surface area is 170 Å². The molecular weight excluding hydrogens is 388 g/mol. The van der Waals surface area contributed by atoms with Gasteiger partial charge in [0.15, 0.2) is 0 Å². The standard InChI is InChI=1S/C21H22N4O3S/c1-15-6-7-19(13-16(15)2)24-21(26)17-8-11-23-20(14-17)25-29(27,28)12-9-18-5-3-4-10-22-18/h3-8,10-11,13-14H,9,12H2,1-2H3,(H,23,25)(H,24,26). The summed E-state index contributed by atoms with van der Waals surface area (Å²) in [6.45, 7) is 3.96. The molecule has 0 aliphatic heterocycles. The molecule has 3 aromatic rings. The molecule has 2 heterocycles. The minimum atomic E-state index is -3.63. The van der Waals surface area contributed by atoms with Crippen molar-refractivity contribution in [3.05, 3.63) is 83.3 Å². The molecule has 0 aliphatic rings. The summed E-state index contributed by atoms with van der Waals surface area (Å²) in [5.74, 6) is -0.381. The zero-order chi connectivity index (χ0) is 20.9. The molecule has 0 atom stereocenters. The Morgan fingerprint density at radius 2 is 1.79 bits per heavy atom. The first-order valence-corrected chi connectivity index (χ1v) is 10.7. The van der Waals surface area contributed by atoms with Crippen molar-refractivity contribution >= 4 is 27.4 Å². The molecule has 0 radical (unpaired) electrons. The van der Waals surface area contributed by atoms with Crippen molar-refractivity contribution < 1.29 is 13.2 Å². The zero-order valence-corrected chi connectivity index (χ0v) is 17.0. The highest BCUT2D eigenvalue weighted by atomic mass is 32.2. The second-order valence-corrected chi connectivity index (χ2v) is 8.52. The van der Waals surface area contributed by atoms with Crippen molar-refractivity contribution in [1.29, 1.82) is 0 Å². The van der Waals surface area contributed by atoms with Gasteiger partial charge in [0.1, 0.15) is 5.82 Å². The molecule has 2 N–H and O–H groups in total. The van der Waals surface area contributed by atoms with Crippen LogP contribution in [0.15, 0.2) is 60.9 Å². The molecule has 0 bridgehead atoms. The Morgan fingerprint density at radius 1 is 0.966 bits per heavy atom. The first-order valence-electron chi connectivity index (χ1n) is 9.07. The van der Waals surface area contributed by atoms with Crippen LogP contribution in [0.5, 0.6) is 0 Å². The molecule has 150 valence electrons. The maximum Gasteiger partial charge on any atom is 0.255 e. The Morgan fingerprint density at radius 3 is 2.52 bits per heavy atom. The van der Waals surface area contributed by atoms with Gasteiger partial charge in [-0.15, -0.1) is 0 Å². The van der Waals surface area contributed by atoms with Gasteiger partial charge in [-0.1, -0.05) is 12.1 Å². The van der Waals surface area contributed by atoms with E-state index in [4.69, 9.17) is 0 Å². The van der Waals surface area contributed by atoms with Crippen LogP contribution in [-0.2, 0) is 16.4 Å². The van der Waals surface area contributed by atoms with Gasteiger partial charge in [0.05, 0.1) is 5.75 Å². The number of carbonyl (C=O) groups is 1. The first-order chi connectivity index (χ1) is 13.8. The highest BCUT2D eigenvalue weighted by molar-refractivity contribution is 7.92. The minimum absolute atomic E-state index is 0.0961. The van der Waals surface area contributed by atoms with Gasteiger partial charge in [-0.3, -0.25) is 14.5 Å². The zero-order valence-electron chi connectivity index (χ0n) is 16.2. The normalized spacial score (nSPS) is 11.1. The third-order valence-electron chi connectivity index (χ3n) is 4.40. The van der Waals surface area contributed by atoms with E-state index in [1.54, 1.807) is 18.3 Å². The summed E-state index contributed by atoms with van der Waals surface area (Å²) >= 11 is 0. The van der Waals surface area contributed by atoms with Crippen LogP contribution in [0.4, 0.5) is 11.5 Å². The third kappa shape index (κ3) is 5.86. The highest BCUT2D eigenvalue weighted by Gasteiger charge is 2.14. The quantitative estimate of drug-likeness (QED) is 0.622. The van der Waals surface area contributed by atoms with Gasteiger partial charge in [0.25, 0.3) is 5.91 Å². The van der Waals surface area contributed by atoms with Crippen molar-refractivity contribution in [1.82, 2.24) is 9.97 Å². The van der Waals surface area contributed by atoms with E-state index in [2.05, 4.69) is 20.0 Å². The van der Waals surface area contributed by atoms with Gasteiger partial charge in [0, 0.05) is 35.8 Å². The Hall–Kier alpha value is -3.26. The van der Waals surface area contributed by atoms with E-state index < -0.39 is 10.0 Å². The van der Waals surface area contributed by atoms with Crippen molar-refractivity contribution in [3.63, 3.8) is 0 Å². The SMILES string of the molecule is Cc1ccc(NC(=O)c2ccnc(NS(=O)(=O)CCc3ccccn3)c2)cc1C. The van der Waals surface area contributed by atoms with Crippen LogP contribution in [0.2, 0.25) is 0 Å². The Bertz CT molecular complexity index is 1120. The first kappa shape index (κ1) is 20.5. The topological polar surface area (TPSA) is 101 Å². The van der Waals surface area contributed by atoms with Crippen LogP contribution >= 0.6 is 0 Å². The lowest BCUT2D eigenvalue weighted by molar-refractivity contribution is 0.102. The van der Waals surface area contributed by atoms with Gasteiger partial charge in [0.2, 0.25) is 10.0 Å². The van der Waals surface area contributed by atoms with Crippen LogP contribution in [-0.4, -0.2) is 30.0 Å². The predicted octanol–water partition coefficient (Wildman–Crippen LogP) is 3.33. The van der Waals surface area contributed by atoms with Gasteiger partial charge in [-0.2, -0.15) is 0 Å². The molecule has 1 amide bonds. The van der Waals surface area contributed by atoms with Crippen molar-refractivity contribution in [2.75, 3.05) is 15.8 Å². The lowest BCUT2D eigenvalue weighted by atomic mass is 10.1. The van der Waals surface area contributed by atoms with Crippen LogP contribution in [0.25, 0.3) is 0 Å². The molecule has 0 aliphatic carbocycles. The molecule has 0 spiro atoms. The van der Waals surface area contributed by atoms with Crippen LogP contribution < -0.4 is 10.0 Å². The largest absolute Gasteiger partial charge is 0.322 e. The lowest BCUT2D eigenvalue weighted by Gasteiger charge is -2.10. The van der Waals surface area contributed by atoms with Crippen LogP contribution in [0, 0.1) is 13.8 Å². The number of hydrogen-bond acceptors (Lipinski definition) is 5. The molecule has 0 unspecified atom stereocenters. The number of rotatable bonds is 7. The summed E-state index contributed by atoms with van der Waals surface area (Å²) < 4.78 is 27.1. The van der Waals surface area contributed by atoms with Gasteiger partial charge < -0.3 is 5.32 Å². The maximum atomic E-state index is 12.5. The number of amides is 1. The number of benzene rings is 1. The number of anilines is 2. The number of aromatic nitrogens is 2. The lowest BCUT2D eigenvalue weighted by Crippen LogP contribution is -2.20. The molecule has 0 saturated carbocycles. The third-order valence-corrected chi connectivity index (χ3v) is 5.66. The molecule has 8 heteroatoms. The van der Waals surface area contributed by atoms with E-state index in [0.717, 1.165) is 11.1 Å². The average Bonchev–Trinajstić information content (AvgIpc) is 2.70. The van der Waals surface area contributed by atoms with Crippen LogP contribution in [0.3, 0.4) is 0 Å². The number of nitrogens with zero attached hydrogens (tertiary/aromatic N) is 2. The van der Waals surface area contributed by atoms with E-state index in [0.29, 0.717) is 16.9 Å². The molecule has 0 saturated heterocycles. The number of carbonyl (C=O) groups excluding carboxylic acids is 1. The smallest absolute Gasteiger partial charge is 0.255 e. The van der Waals surface area contributed by atoms with Crippen LogP contribution in [0.1, 0.15) is 27.2 Å². The second-order valence-electron chi connectivity index (χ2n) is 6.67. The molecule has 2 aromatic heterocycles. The summed E-state index contributed by atoms with van der Waals surface area (Å²) in [4.78, 5) is 20.6.